The molecule has 0 aliphatic heterocycles. The fraction of sp³-hybridized carbons (Fsp3) is 0.0370. The zero-order valence-electron chi connectivity index (χ0n) is 18.7. The number of hydrogen-bond acceptors (Lipinski definition) is 1. The molecule has 5 aromatic carbocycles. The number of benzene rings is 5. The molecule has 0 aliphatic carbocycles. The fourth-order valence-electron chi connectivity index (χ4n) is 4.51. The van der Waals surface area contributed by atoms with Crippen molar-refractivity contribution in [3.63, 3.8) is 0 Å². The molecule has 194 valence electrons. The fourth-order valence-corrected chi connectivity index (χ4v) is 4.51. The van der Waals surface area contributed by atoms with E-state index in [-0.39, 0.29) is 10.9 Å². The highest BCUT2D eigenvalue weighted by Crippen LogP contribution is 2.49. The van der Waals surface area contributed by atoms with Crippen molar-refractivity contribution in [2.75, 3.05) is 7.11 Å². The van der Waals surface area contributed by atoms with Crippen molar-refractivity contribution in [1.29, 1.82) is 0 Å². The van der Waals surface area contributed by atoms with Gasteiger partial charge >= 0.3 is 0 Å². The second-order valence-electron chi connectivity index (χ2n) is 8.09. The van der Waals surface area contributed by atoms with Gasteiger partial charge in [0.25, 0.3) is 0 Å². The van der Waals surface area contributed by atoms with E-state index in [1.807, 2.05) is 0 Å². The zero-order chi connectivity index (χ0) is 27.6. The van der Waals surface area contributed by atoms with Crippen LogP contribution in [0.4, 0.5) is 43.9 Å². The van der Waals surface area contributed by atoms with Gasteiger partial charge < -0.3 is 4.74 Å². The first-order valence-corrected chi connectivity index (χ1v) is 10.6. The van der Waals surface area contributed by atoms with Crippen molar-refractivity contribution in [2.24, 2.45) is 0 Å². The SMILES string of the molecule is COc1c(F)c(F)c(-c2c3ccccc3c(-c3ccc(F)c(F)c3)c3c(F)c(F)c(F)c(F)c23)c(F)c1F. The van der Waals surface area contributed by atoms with Crippen LogP contribution in [0.5, 0.6) is 5.75 Å². The minimum absolute atomic E-state index is 0.249. The predicted molar refractivity (Wildman–Crippen MR) is 118 cm³/mol. The van der Waals surface area contributed by atoms with Gasteiger partial charge in [-0.15, -0.1) is 0 Å². The summed E-state index contributed by atoms with van der Waals surface area (Å²) in [7, 11) is 0.717. The van der Waals surface area contributed by atoms with Crippen molar-refractivity contribution < 1.29 is 48.6 Å². The van der Waals surface area contributed by atoms with Gasteiger partial charge in [-0.3, -0.25) is 0 Å². The highest BCUT2D eigenvalue weighted by atomic mass is 19.2. The molecule has 0 radical (unpaired) electrons. The lowest BCUT2D eigenvalue weighted by Gasteiger charge is -2.20. The molecule has 0 saturated carbocycles. The number of methoxy groups -OCH3 is 1. The molecule has 0 amide bonds. The van der Waals surface area contributed by atoms with E-state index in [0.29, 0.717) is 19.2 Å². The third-order valence-electron chi connectivity index (χ3n) is 6.12. The zero-order valence-corrected chi connectivity index (χ0v) is 18.7. The molecule has 0 aliphatic rings. The molecular formula is C27H10F10O. The lowest BCUT2D eigenvalue weighted by atomic mass is 9.84. The number of fused-ring (bicyclic) bond motifs is 2. The molecule has 0 spiro atoms. The predicted octanol–water partition coefficient (Wildman–Crippen LogP) is 8.73. The van der Waals surface area contributed by atoms with Crippen LogP contribution in [0, 0.1) is 58.2 Å². The van der Waals surface area contributed by atoms with Gasteiger partial charge in [-0.1, -0.05) is 30.3 Å². The van der Waals surface area contributed by atoms with E-state index in [2.05, 4.69) is 4.74 Å². The highest BCUT2D eigenvalue weighted by Gasteiger charge is 2.33. The van der Waals surface area contributed by atoms with Gasteiger partial charge in [0.05, 0.1) is 12.7 Å². The molecule has 0 saturated heterocycles. The molecule has 5 aromatic rings. The molecule has 0 atom stereocenters. The molecule has 0 aromatic heterocycles. The van der Waals surface area contributed by atoms with Gasteiger partial charge in [-0.05, 0) is 28.5 Å². The monoisotopic (exact) mass is 540 g/mol. The molecule has 38 heavy (non-hydrogen) atoms. The van der Waals surface area contributed by atoms with Crippen LogP contribution in [0.1, 0.15) is 0 Å². The average molecular weight is 540 g/mol. The standard InChI is InChI=1S/C27H10F10O/c1-38-27-25(36)21(32)18(22(33)26(27)37)15-11-5-3-2-4-10(11)14(9-6-7-12(28)13(29)8-9)16-17(15)20(31)24(35)23(34)19(16)30/h2-8H,1H3. The first-order chi connectivity index (χ1) is 18.0. The van der Waals surface area contributed by atoms with E-state index in [4.69, 9.17) is 0 Å². The van der Waals surface area contributed by atoms with Crippen LogP contribution >= 0.6 is 0 Å². The second kappa shape index (κ2) is 8.93. The summed E-state index contributed by atoms with van der Waals surface area (Å²) >= 11 is 0. The Morgan fingerprint density at radius 1 is 0.474 bits per heavy atom. The summed E-state index contributed by atoms with van der Waals surface area (Å²) in [5, 5.41) is -3.11. The van der Waals surface area contributed by atoms with E-state index in [0.717, 1.165) is 12.1 Å². The lowest BCUT2D eigenvalue weighted by Crippen LogP contribution is -2.07. The maximum atomic E-state index is 15.4. The normalized spacial score (nSPS) is 11.6. The van der Waals surface area contributed by atoms with Crippen molar-refractivity contribution in [3.05, 3.63) is 101 Å². The van der Waals surface area contributed by atoms with E-state index in [1.54, 1.807) is 0 Å². The maximum absolute atomic E-state index is 15.4. The minimum atomic E-state index is -2.39. The van der Waals surface area contributed by atoms with Crippen LogP contribution < -0.4 is 4.74 Å². The van der Waals surface area contributed by atoms with Gasteiger partial charge in [0.2, 0.25) is 11.6 Å². The topological polar surface area (TPSA) is 9.23 Å². The van der Waals surface area contributed by atoms with E-state index in [1.165, 1.54) is 18.2 Å². The van der Waals surface area contributed by atoms with Crippen LogP contribution in [-0.2, 0) is 0 Å². The summed E-state index contributed by atoms with van der Waals surface area (Å²) in [6, 6.07) is 6.89. The van der Waals surface area contributed by atoms with Crippen molar-refractivity contribution in [2.45, 2.75) is 0 Å². The molecule has 0 unspecified atom stereocenters. The molecule has 11 heteroatoms. The van der Waals surface area contributed by atoms with Crippen LogP contribution in [0.3, 0.4) is 0 Å². The summed E-state index contributed by atoms with van der Waals surface area (Å²) in [5.74, 6) is -21.4. The van der Waals surface area contributed by atoms with Crippen molar-refractivity contribution in [1.82, 2.24) is 0 Å². The molecule has 0 heterocycles. The Balaban J connectivity index is 2.14. The number of hydrogen-bond donors (Lipinski definition) is 0. The number of ether oxygens (including phenoxy) is 1. The third-order valence-corrected chi connectivity index (χ3v) is 6.12. The first kappa shape index (κ1) is 25.4. The first-order valence-electron chi connectivity index (χ1n) is 10.6. The largest absolute Gasteiger partial charge is 0.491 e. The van der Waals surface area contributed by atoms with Crippen LogP contribution in [0.25, 0.3) is 43.8 Å². The summed E-state index contributed by atoms with van der Waals surface area (Å²) in [6.45, 7) is 0. The van der Waals surface area contributed by atoms with Gasteiger partial charge in [0, 0.05) is 21.9 Å². The Morgan fingerprint density at radius 3 is 1.47 bits per heavy atom. The number of rotatable bonds is 3. The Kier molecular flexibility index (Phi) is 5.96. The highest BCUT2D eigenvalue weighted by molar-refractivity contribution is 6.21. The molecule has 0 N–H and O–H groups in total. The smallest absolute Gasteiger partial charge is 0.204 e. The Hall–Kier alpha value is -4.28. The summed E-state index contributed by atoms with van der Waals surface area (Å²) < 4.78 is 152. The van der Waals surface area contributed by atoms with Crippen LogP contribution in [0.15, 0.2) is 42.5 Å². The Morgan fingerprint density at radius 2 is 0.974 bits per heavy atom. The quantitative estimate of drug-likeness (QED) is 0.0963. The van der Waals surface area contributed by atoms with Crippen molar-refractivity contribution >= 4 is 21.5 Å². The number of halogens is 10. The summed E-state index contributed by atoms with van der Waals surface area (Å²) in [4.78, 5) is 0. The van der Waals surface area contributed by atoms with Gasteiger partial charge in [0.1, 0.15) is 0 Å². The Labute approximate surface area is 206 Å². The average Bonchev–Trinajstić information content (AvgIpc) is 2.91. The van der Waals surface area contributed by atoms with Gasteiger partial charge in [-0.2, -0.15) is 8.78 Å². The van der Waals surface area contributed by atoms with Crippen LogP contribution in [-0.4, -0.2) is 7.11 Å². The van der Waals surface area contributed by atoms with Crippen molar-refractivity contribution in [3.8, 4) is 28.0 Å². The van der Waals surface area contributed by atoms with E-state index >= 15 is 17.6 Å². The molecule has 0 bridgehead atoms. The van der Waals surface area contributed by atoms with Crippen LogP contribution in [0.2, 0.25) is 0 Å². The second-order valence-corrected chi connectivity index (χ2v) is 8.09. The third kappa shape index (κ3) is 3.41. The minimum Gasteiger partial charge on any atom is -0.491 e. The summed E-state index contributed by atoms with van der Waals surface area (Å²) in [5.41, 5.74) is -3.49. The van der Waals surface area contributed by atoms with Gasteiger partial charge in [0.15, 0.2) is 52.3 Å². The maximum Gasteiger partial charge on any atom is 0.204 e. The van der Waals surface area contributed by atoms with Gasteiger partial charge in [-0.25, -0.2) is 35.1 Å². The van der Waals surface area contributed by atoms with E-state index in [9.17, 15) is 26.3 Å². The summed E-state index contributed by atoms with van der Waals surface area (Å²) in [6.07, 6.45) is 0. The molecular weight excluding hydrogens is 530 g/mol. The Bertz CT molecular complexity index is 1780. The molecule has 0 fully saturated rings. The molecule has 5 rings (SSSR count). The van der Waals surface area contributed by atoms with E-state index < -0.39 is 96.8 Å². The molecule has 1 nitrogen and oxygen atoms in total. The lowest BCUT2D eigenvalue weighted by molar-refractivity contribution is 0.334.